The Morgan fingerprint density at radius 2 is 2.00 bits per heavy atom. The highest BCUT2D eigenvalue weighted by atomic mass is 14.4. The lowest BCUT2D eigenvalue weighted by Gasteiger charge is -1.93. The normalized spacial score (nSPS) is 32.5. The molecule has 2 unspecified atom stereocenters. The predicted octanol–water partition coefficient (Wildman–Crippen LogP) is 3.92. The molecular formula is C12H20. The van der Waals surface area contributed by atoms with E-state index in [4.69, 9.17) is 0 Å². The van der Waals surface area contributed by atoms with Crippen molar-refractivity contribution in [2.24, 2.45) is 11.8 Å². The first-order valence-corrected chi connectivity index (χ1v) is 5.54. The van der Waals surface area contributed by atoms with Crippen LogP contribution in [0.15, 0.2) is 11.1 Å². The Balaban J connectivity index is 1.62. The number of allylic oxidation sites excluding steroid dienone is 2. The van der Waals surface area contributed by atoms with Crippen molar-refractivity contribution >= 4 is 0 Å². The highest BCUT2D eigenvalue weighted by Gasteiger charge is 2.35. The van der Waals surface area contributed by atoms with Gasteiger partial charge in [0.15, 0.2) is 0 Å². The van der Waals surface area contributed by atoms with Crippen molar-refractivity contribution in [3.05, 3.63) is 11.1 Å². The second-order valence-electron chi connectivity index (χ2n) is 4.44. The van der Waals surface area contributed by atoms with Crippen molar-refractivity contribution in [1.82, 2.24) is 0 Å². The monoisotopic (exact) mass is 164 g/mol. The summed E-state index contributed by atoms with van der Waals surface area (Å²) in [6, 6.07) is 0. The summed E-state index contributed by atoms with van der Waals surface area (Å²) in [6.07, 6.45) is 8.59. The third-order valence-electron chi connectivity index (χ3n) is 3.64. The maximum absolute atomic E-state index is 2.33. The maximum atomic E-state index is 2.33. The molecule has 1 saturated carbocycles. The molecule has 0 aromatic heterocycles. The summed E-state index contributed by atoms with van der Waals surface area (Å²) in [5, 5.41) is 0. The first-order chi connectivity index (χ1) is 5.85. The molecule has 2 aliphatic rings. The van der Waals surface area contributed by atoms with Gasteiger partial charge in [0.25, 0.3) is 0 Å². The summed E-state index contributed by atoms with van der Waals surface area (Å²) in [7, 11) is 0. The topological polar surface area (TPSA) is 0 Å². The smallest absolute Gasteiger partial charge is 0.0103 e. The molecule has 0 saturated heterocycles. The van der Waals surface area contributed by atoms with Crippen molar-refractivity contribution in [2.45, 2.75) is 52.4 Å². The minimum absolute atomic E-state index is 1.11. The van der Waals surface area contributed by atoms with Crippen molar-refractivity contribution in [1.29, 1.82) is 0 Å². The molecule has 0 aliphatic heterocycles. The van der Waals surface area contributed by atoms with E-state index in [1.807, 2.05) is 0 Å². The fraction of sp³-hybridized carbons (Fsp3) is 0.833. The maximum Gasteiger partial charge on any atom is -0.0103 e. The molecule has 12 heavy (non-hydrogen) atoms. The molecule has 0 bridgehead atoms. The average molecular weight is 164 g/mol. The molecule has 0 heterocycles. The summed E-state index contributed by atoms with van der Waals surface area (Å²) >= 11 is 0. The van der Waals surface area contributed by atoms with E-state index < -0.39 is 0 Å². The van der Waals surface area contributed by atoms with Crippen LogP contribution in [0.2, 0.25) is 0 Å². The van der Waals surface area contributed by atoms with Gasteiger partial charge in [-0.05, 0) is 43.9 Å². The van der Waals surface area contributed by atoms with Gasteiger partial charge in [-0.25, -0.2) is 0 Å². The van der Waals surface area contributed by atoms with Crippen molar-refractivity contribution in [2.75, 3.05) is 0 Å². The van der Waals surface area contributed by atoms with Gasteiger partial charge in [0, 0.05) is 0 Å². The number of hydrogen-bond donors (Lipinski definition) is 0. The Morgan fingerprint density at radius 3 is 2.50 bits per heavy atom. The highest BCUT2D eigenvalue weighted by molar-refractivity contribution is 5.34. The van der Waals surface area contributed by atoms with Crippen LogP contribution in [-0.4, -0.2) is 0 Å². The molecule has 68 valence electrons. The molecule has 0 N–H and O–H groups in total. The van der Waals surface area contributed by atoms with E-state index in [2.05, 4.69) is 13.8 Å². The van der Waals surface area contributed by atoms with Gasteiger partial charge in [-0.15, -0.1) is 0 Å². The van der Waals surface area contributed by atoms with Crippen LogP contribution in [0.25, 0.3) is 0 Å². The Bertz CT molecular complexity index is 200. The zero-order valence-corrected chi connectivity index (χ0v) is 8.40. The Labute approximate surface area is 76.1 Å². The molecule has 2 atom stereocenters. The van der Waals surface area contributed by atoms with Gasteiger partial charge in [0.2, 0.25) is 0 Å². The molecule has 0 nitrogen and oxygen atoms in total. The van der Waals surface area contributed by atoms with Crippen molar-refractivity contribution < 1.29 is 0 Å². The van der Waals surface area contributed by atoms with Crippen LogP contribution in [0.4, 0.5) is 0 Å². The second-order valence-corrected chi connectivity index (χ2v) is 4.44. The molecule has 0 aromatic rings. The van der Waals surface area contributed by atoms with Crippen LogP contribution in [0.1, 0.15) is 52.4 Å². The van der Waals surface area contributed by atoms with Crippen LogP contribution >= 0.6 is 0 Å². The van der Waals surface area contributed by atoms with E-state index in [1.54, 1.807) is 11.1 Å². The first kappa shape index (κ1) is 8.34. The highest BCUT2D eigenvalue weighted by Crippen LogP contribution is 2.47. The van der Waals surface area contributed by atoms with Crippen LogP contribution < -0.4 is 0 Å². The summed E-state index contributed by atoms with van der Waals surface area (Å²) in [6.45, 7) is 4.62. The fourth-order valence-corrected chi connectivity index (χ4v) is 2.38. The molecule has 0 aromatic carbocycles. The molecule has 2 aliphatic carbocycles. The van der Waals surface area contributed by atoms with Gasteiger partial charge in [0.05, 0.1) is 0 Å². The van der Waals surface area contributed by atoms with E-state index in [0.717, 1.165) is 11.8 Å². The Morgan fingerprint density at radius 1 is 1.17 bits per heavy atom. The van der Waals surface area contributed by atoms with Crippen molar-refractivity contribution in [3.63, 3.8) is 0 Å². The molecule has 2 rings (SSSR count). The number of hydrogen-bond acceptors (Lipinski definition) is 0. The number of rotatable bonds is 5. The van der Waals surface area contributed by atoms with Gasteiger partial charge < -0.3 is 0 Å². The summed E-state index contributed by atoms with van der Waals surface area (Å²) in [5.74, 6) is 2.22. The minimum atomic E-state index is 1.11. The fourth-order valence-electron chi connectivity index (χ4n) is 2.38. The molecule has 0 radical (unpaired) electrons. The third-order valence-corrected chi connectivity index (χ3v) is 3.64. The lowest BCUT2D eigenvalue weighted by molar-refractivity contribution is 0.633. The molecular weight excluding hydrogens is 144 g/mol. The van der Waals surface area contributed by atoms with E-state index in [0.29, 0.717) is 0 Å². The summed E-state index contributed by atoms with van der Waals surface area (Å²) < 4.78 is 0. The predicted molar refractivity (Wildman–Crippen MR) is 53.1 cm³/mol. The quantitative estimate of drug-likeness (QED) is 0.540. The van der Waals surface area contributed by atoms with Gasteiger partial charge in [-0.1, -0.05) is 31.4 Å². The van der Waals surface area contributed by atoms with Crippen molar-refractivity contribution in [3.8, 4) is 0 Å². The van der Waals surface area contributed by atoms with Crippen LogP contribution in [-0.2, 0) is 0 Å². The third kappa shape index (κ3) is 1.73. The van der Waals surface area contributed by atoms with Gasteiger partial charge in [-0.3, -0.25) is 0 Å². The molecule has 0 amide bonds. The van der Waals surface area contributed by atoms with Gasteiger partial charge >= 0.3 is 0 Å². The molecule has 0 heteroatoms. The van der Waals surface area contributed by atoms with Gasteiger partial charge in [-0.2, -0.15) is 0 Å². The van der Waals surface area contributed by atoms with E-state index in [-0.39, 0.29) is 0 Å². The van der Waals surface area contributed by atoms with Crippen LogP contribution in [0, 0.1) is 11.8 Å². The minimum Gasteiger partial charge on any atom is -0.0669 e. The lowest BCUT2D eigenvalue weighted by atomic mass is 10.1. The van der Waals surface area contributed by atoms with Gasteiger partial charge in [0.1, 0.15) is 0 Å². The molecule has 0 spiro atoms. The summed E-state index contributed by atoms with van der Waals surface area (Å²) in [5.41, 5.74) is 3.57. The van der Waals surface area contributed by atoms with E-state index in [1.165, 1.54) is 38.5 Å². The zero-order chi connectivity index (χ0) is 8.55. The van der Waals surface area contributed by atoms with E-state index >= 15 is 0 Å². The lowest BCUT2D eigenvalue weighted by Crippen LogP contribution is -1.80. The largest absolute Gasteiger partial charge is 0.0669 e. The first-order valence-electron chi connectivity index (χ1n) is 5.54. The average Bonchev–Trinajstić information content (AvgIpc) is 2.97. The van der Waals surface area contributed by atoms with Crippen LogP contribution in [0.3, 0.4) is 0 Å². The Hall–Kier alpha value is -0.260. The SMILES string of the molecule is CCC1=C(CCC2CC2CC)C1. The van der Waals surface area contributed by atoms with Crippen LogP contribution in [0.5, 0.6) is 0 Å². The summed E-state index contributed by atoms with van der Waals surface area (Å²) in [4.78, 5) is 0. The standard InChI is InChI=1S/C12H20/c1-3-9-7-11(9)5-6-12-8-10(12)4-2/h9,11H,3-8H2,1-2H3. The second kappa shape index (κ2) is 3.24. The Kier molecular flexibility index (Phi) is 2.25. The van der Waals surface area contributed by atoms with E-state index in [9.17, 15) is 0 Å². The zero-order valence-electron chi connectivity index (χ0n) is 8.40. The molecule has 1 fully saturated rings.